The minimum atomic E-state index is 0.00416. The van der Waals surface area contributed by atoms with E-state index in [1.54, 1.807) is 12.0 Å². The van der Waals surface area contributed by atoms with E-state index in [4.69, 9.17) is 9.47 Å². The Morgan fingerprint density at radius 3 is 2.17 bits per heavy atom. The van der Waals surface area contributed by atoms with Gasteiger partial charge in [-0.3, -0.25) is 4.79 Å². The van der Waals surface area contributed by atoms with Crippen molar-refractivity contribution in [2.24, 2.45) is 0 Å². The molecular formula is C30H34N2O3. The smallest absolute Gasteiger partial charge is 0.253 e. The van der Waals surface area contributed by atoms with Gasteiger partial charge in [-0.25, -0.2) is 0 Å². The van der Waals surface area contributed by atoms with Crippen molar-refractivity contribution in [3.05, 3.63) is 83.9 Å². The molecule has 2 aliphatic heterocycles. The molecule has 0 aliphatic carbocycles. The molecule has 0 N–H and O–H groups in total. The molecule has 5 rings (SSSR count). The number of nitrogens with zero attached hydrogens (tertiary/aromatic N) is 2. The summed E-state index contributed by atoms with van der Waals surface area (Å²) in [6.07, 6.45) is 5.05. The van der Waals surface area contributed by atoms with E-state index in [0.717, 1.165) is 41.0 Å². The lowest BCUT2D eigenvalue weighted by molar-refractivity contribution is 0.0659. The molecule has 5 heteroatoms. The maximum atomic E-state index is 13.1. The highest BCUT2D eigenvalue weighted by molar-refractivity contribution is 5.94. The van der Waals surface area contributed by atoms with Crippen LogP contribution in [0.25, 0.3) is 11.1 Å². The number of carbonyl (C=O) groups is 1. The first-order valence-corrected chi connectivity index (χ1v) is 12.5. The maximum Gasteiger partial charge on any atom is 0.253 e. The lowest BCUT2D eigenvalue weighted by atomic mass is 10.0. The molecule has 182 valence electrons. The van der Waals surface area contributed by atoms with E-state index < -0.39 is 0 Å². The number of carbonyl (C=O) groups excluding carboxylic acids is 1. The van der Waals surface area contributed by atoms with Crippen LogP contribution >= 0.6 is 0 Å². The van der Waals surface area contributed by atoms with Crippen molar-refractivity contribution in [3.8, 4) is 22.6 Å². The molecule has 35 heavy (non-hydrogen) atoms. The zero-order valence-corrected chi connectivity index (χ0v) is 20.8. The fourth-order valence-corrected chi connectivity index (χ4v) is 5.52. The van der Waals surface area contributed by atoms with Gasteiger partial charge in [0.15, 0.2) is 0 Å². The van der Waals surface area contributed by atoms with Gasteiger partial charge in [-0.2, -0.15) is 0 Å². The van der Waals surface area contributed by atoms with Gasteiger partial charge in [0.05, 0.1) is 7.11 Å². The highest BCUT2D eigenvalue weighted by Gasteiger charge is 2.39. The van der Waals surface area contributed by atoms with Gasteiger partial charge < -0.3 is 19.3 Å². The van der Waals surface area contributed by atoms with E-state index in [0.29, 0.717) is 24.2 Å². The van der Waals surface area contributed by atoms with E-state index >= 15 is 0 Å². The molecule has 5 nitrogen and oxygen atoms in total. The van der Waals surface area contributed by atoms with Gasteiger partial charge in [0.1, 0.15) is 17.6 Å². The fourth-order valence-electron chi connectivity index (χ4n) is 5.52. The monoisotopic (exact) mass is 470 g/mol. The quantitative estimate of drug-likeness (QED) is 0.448. The van der Waals surface area contributed by atoms with Crippen molar-refractivity contribution >= 4 is 5.91 Å². The van der Waals surface area contributed by atoms with E-state index in [1.165, 1.54) is 12.8 Å². The Kier molecular flexibility index (Phi) is 6.78. The second-order valence-corrected chi connectivity index (χ2v) is 9.88. The second kappa shape index (κ2) is 10.1. The Bertz CT molecular complexity index is 1140. The van der Waals surface area contributed by atoms with E-state index in [-0.39, 0.29) is 12.0 Å². The molecule has 0 saturated carbocycles. The standard InChI is InChI=1S/C30H34N2O3/c1-31(30(33)24-9-7-22(8-10-24)23-11-15-27(34-3)16-12-23)20-21-5-4-6-28(17-21)35-29-18-25-13-14-26(19-29)32(25)2/h4-12,15-17,25-26,29H,13-14,18-20H2,1-3H3/t25-,26+,29?. The summed E-state index contributed by atoms with van der Waals surface area (Å²) in [5, 5.41) is 0. The van der Waals surface area contributed by atoms with Crippen LogP contribution in [-0.4, -0.2) is 55.1 Å². The van der Waals surface area contributed by atoms with Crippen LogP contribution in [0.5, 0.6) is 11.5 Å². The molecule has 2 saturated heterocycles. The molecule has 2 heterocycles. The summed E-state index contributed by atoms with van der Waals surface area (Å²) in [5.41, 5.74) is 3.91. The van der Waals surface area contributed by atoms with Crippen LogP contribution in [0.3, 0.4) is 0 Å². The molecule has 2 fully saturated rings. The van der Waals surface area contributed by atoms with Crippen LogP contribution in [0.1, 0.15) is 41.6 Å². The van der Waals surface area contributed by atoms with Crippen molar-refractivity contribution in [2.45, 2.75) is 50.4 Å². The zero-order valence-electron chi connectivity index (χ0n) is 20.8. The summed E-state index contributed by atoms with van der Waals surface area (Å²) >= 11 is 0. The average molecular weight is 471 g/mol. The Labute approximate surface area is 208 Å². The third kappa shape index (κ3) is 5.20. The molecule has 3 aromatic carbocycles. The number of rotatable bonds is 7. The second-order valence-electron chi connectivity index (χ2n) is 9.88. The summed E-state index contributed by atoms with van der Waals surface area (Å²) in [5.74, 6) is 1.74. The molecule has 0 aromatic heterocycles. The summed E-state index contributed by atoms with van der Waals surface area (Å²) in [7, 11) is 5.76. The van der Waals surface area contributed by atoms with Crippen LogP contribution in [0.2, 0.25) is 0 Å². The number of hydrogen-bond acceptors (Lipinski definition) is 4. The summed E-state index contributed by atoms with van der Waals surface area (Å²) < 4.78 is 11.6. The number of amides is 1. The Morgan fingerprint density at radius 2 is 1.54 bits per heavy atom. The van der Waals surface area contributed by atoms with Gasteiger partial charge in [0.25, 0.3) is 5.91 Å². The third-order valence-electron chi connectivity index (χ3n) is 7.58. The lowest BCUT2D eigenvalue weighted by Crippen LogP contribution is -2.43. The molecule has 0 spiro atoms. The van der Waals surface area contributed by atoms with Gasteiger partial charge in [0.2, 0.25) is 0 Å². The van der Waals surface area contributed by atoms with Crippen molar-refractivity contribution in [1.82, 2.24) is 9.80 Å². The predicted molar refractivity (Wildman–Crippen MR) is 139 cm³/mol. The van der Waals surface area contributed by atoms with Gasteiger partial charge in [-0.15, -0.1) is 0 Å². The molecule has 1 amide bonds. The van der Waals surface area contributed by atoms with Crippen molar-refractivity contribution in [1.29, 1.82) is 0 Å². The van der Waals surface area contributed by atoms with E-state index in [9.17, 15) is 4.79 Å². The highest BCUT2D eigenvalue weighted by Crippen LogP contribution is 2.36. The molecule has 0 radical (unpaired) electrons. The highest BCUT2D eigenvalue weighted by atomic mass is 16.5. The van der Waals surface area contributed by atoms with Crippen LogP contribution in [-0.2, 0) is 6.54 Å². The summed E-state index contributed by atoms with van der Waals surface area (Å²) in [4.78, 5) is 17.4. The molecule has 3 aromatic rings. The SMILES string of the molecule is COc1ccc(-c2ccc(C(=O)N(C)Cc3cccc(OC4C[C@H]5CC[C@@H](C4)N5C)c3)cc2)cc1. The Hall–Kier alpha value is -3.31. The van der Waals surface area contributed by atoms with Crippen molar-refractivity contribution < 1.29 is 14.3 Å². The Morgan fingerprint density at radius 1 is 0.914 bits per heavy atom. The molecular weight excluding hydrogens is 436 g/mol. The van der Waals surface area contributed by atoms with E-state index in [2.05, 4.69) is 24.1 Å². The third-order valence-corrected chi connectivity index (χ3v) is 7.58. The Balaban J connectivity index is 1.20. The predicted octanol–water partition coefficient (Wildman–Crippen LogP) is 5.64. The number of ether oxygens (including phenoxy) is 2. The van der Waals surface area contributed by atoms with E-state index in [1.807, 2.05) is 67.7 Å². The van der Waals surface area contributed by atoms with Crippen LogP contribution < -0.4 is 9.47 Å². The van der Waals surface area contributed by atoms with Gasteiger partial charge in [0, 0.05) is 31.2 Å². The maximum absolute atomic E-state index is 13.1. The lowest BCUT2D eigenvalue weighted by Gasteiger charge is -2.36. The minimum absolute atomic E-state index is 0.00416. The molecule has 3 atom stereocenters. The van der Waals surface area contributed by atoms with Crippen LogP contribution in [0, 0.1) is 0 Å². The van der Waals surface area contributed by atoms with Gasteiger partial charge in [-0.05, 0) is 85.8 Å². The summed E-state index contributed by atoms with van der Waals surface area (Å²) in [6, 6.07) is 25.2. The zero-order chi connectivity index (χ0) is 24.4. The average Bonchev–Trinajstić information content (AvgIpc) is 3.08. The first kappa shape index (κ1) is 23.4. The van der Waals surface area contributed by atoms with Crippen molar-refractivity contribution in [3.63, 3.8) is 0 Å². The molecule has 1 unspecified atom stereocenters. The summed E-state index contributed by atoms with van der Waals surface area (Å²) in [6.45, 7) is 0.537. The first-order chi connectivity index (χ1) is 17.0. The molecule has 2 bridgehead atoms. The van der Waals surface area contributed by atoms with Crippen LogP contribution in [0.4, 0.5) is 0 Å². The number of methoxy groups -OCH3 is 1. The molecule has 2 aliphatic rings. The van der Waals surface area contributed by atoms with Crippen molar-refractivity contribution in [2.75, 3.05) is 21.2 Å². The largest absolute Gasteiger partial charge is 0.497 e. The number of hydrogen-bond donors (Lipinski definition) is 0. The van der Waals surface area contributed by atoms with Gasteiger partial charge >= 0.3 is 0 Å². The topological polar surface area (TPSA) is 42.0 Å². The number of fused-ring (bicyclic) bond motifs is 2. The number of piperidine rings is 1. The normalized spacial score (nSPS) is 21.5. The van der Waals surface area contributed by atoms with Crippen LogP contribution in [0.15, 0.2) is 72.8 Å². The first-order valence-electron chi connectivity index (χ1n) is 12.5. The number of benzene rings is 3. The van der Waals surface area contributed by atoms with Gasteiger partial charge in [-0.1, -0.05) is 36.4 Å². The fraction of sp³-hybridized carbons (Fsp3) is 0.367. The minimum Gasteiger partial charge on any atom is -0.497 e.